The summed E-state index contributed by atoms with van der Waals surface area (Å²) in [5, 5.41) is 0. The Morgan fingerprint density at radius 3 is 2.20 bits per heavy atom. The van der Waals surface area contributed by atoms with Gasteiger partial charge in [-0.05, 0) is 44.9 Å². The smallest absolute Gasteiger partial charge is 0.338 e. The third kappa shape index (κ3) is 8.19. The van der Waals surface area contributed by atoms with Crippen molar-refractivity contribution in [2.45, 2.75) is 78.2 Å². The first kappa shape index (κ1) is 21.2. The van der Waals surface area contributed by atoms with Crippen LogP contribution in [0.1, 0.15) is 93.4 Å². The van der Waals surface area contributed by atoms with E-state index in [2.05, 4.69) is 13.8 Å². The van der Waals surface area contributed by atoms with Crippen molar-refractivity contribution in [1.82, 2.24) is 0 Å². The molecule has 0 fully saturated rings. The molecule has 0 aliphatic rings. The second kappa shape index (κ2) is 10.9. The van der Waals surface area contributed by atoms with Gasteiger partial charge >= 0.3 is 11.9 Å². The van der Waals surface area contributed by atoms with E-state index < -0.39 is 17.5 Å². The number of carbonyl (C=O) groups is 2. The summed E-state index contributed by atoms with van der Waals surface area (Å²) in [7, 11) is 0. The van der Waals surface area contributed by atoms with E-state index >= 15 is 0 Å². The molecule has 0 spiro atoms. The fourth-order valence-electron chi connectivity index (χ4n) is 2.69. The summed E-state index contributed by atoms with van der Waals surface area (Å²) in [6.07, 6.45) is 7.25. The summed E-state index contributed by atoms with van der Waals surface area (Å²) >= 11 is 0. The van der Waals surface area contributed by atoms with Crippen LogP contribution in [0.4, 0.5) is 0 Å². The highest BCUT2D eigenvalue weighted by atomic mass is 16.6. The summed E-state index contributed by atoms with van der Waals surface area (Å²) in [5.74, 6) is -0.800. The zero-order valence-corrected chi connectivity index (χ0v) is 16.1. The molecule has 4 heteroatoms. The van der Waals surface area contributed by atoms with Crippen LogP contribution < -0.4 is 0 Å². The van der Waals surface area contributed by atoms with Crippen LogP contribution >= 0.6 is 0 Å². The Balaban J connectivity index is 2.56. The molecule has 0 saturated carbocycles. The van der Waals surface area contributed by atoms with Crippen LogP contribution in [0.25, 0.3) is 0 Å². The van der Waals surface area contributed by atoms with E-state index in [-0.39, 0.29) is 0 Å². The number of hydrogen-bond acceptors (Lipinski definition) is 4. The van der Waals surface area contributed by atoms with Crippen molar-refractivity contribution >= 4 is 11.9 Å². The van der Waals surface area contributed by atoms with Crippen LogP contribution in [0.3, 0.4) is 0 Å². The minimum atomic E-state index is -0.513. The number of ether oxygens (including phenoxy) is 2. The van der Waals surface area contributed by atoms with Crippen LogP contribution in [-0.2, 0) is 9.47 Å². The molecule has 0 heterocycles. The van der Waals surface area contributed by atoms with E-state index in [9.17, 15) is 9.59 Å². The van der Waals surface area contributed by atoms with Crippen molar-refractivity contribution in [2.24, 2.45) is 0 Å². The fourth-order valence-corrected chi connectivity index (χ4v) is 2.69. The maximum atomic E-state index is 12.3. The average molecular weight is 348 g/mol. The molecule has 0 aliphatic heterocycles. The van der Waals surface area contributed by atoms with Crippen LogP contribution in [0.2, 0.25) is 0 Å². The highest BCUT2D eigenvalue weighted by Gasteiger charge is 2.23. The number of esters is 2. The van der Waals surface area contributed by atoms with Crippen molar-refractivity contribution < 1.29 is 19.1 Å². The highest BCUT2D eigenvalue weighted by Crippen LogP contribution is 2.19. The van der Waals surface area contributed by atoms with Gasteiger partial charge in [0.25, 0.3) is 0 Å². The molecule has 0 amide bonds. The molecule has 0 radical (unpaired) electrons. The van der Waals surface area contributed by atoms with Gasteiger partial charge in [-0.15, -0.1) is 0 Å². The minimum absolute atomic E-state index is 0.376. The molecule has 4 nitrogen and oxygen atoms in total. The quantitative estimate of drug-likeness (QED) is 0.389. The van der Waals surface area contributed by atoms with E-state index in [1.54, 1.807) is 24.3 Å². The minimum Gasteiger partial charge on any atom is -0.462 e. The Morgan fingerprint density at radius 2 is 1.56 bits per heavy atom. The zero-order chi connectivity index (χ0) is 18.7. The summed E-state index contributed by atoms with van der Waals surface area (Å²) in [4.78, 5) is 24.4. The maximum Gasteiger partial charge on any atom is 0.338 e. The van der Waals surface area contributed by atoms with Gasteiger partial charge < -0.3 is 9.47 Å². The molecular weight excluding hydrogens is 316 g/mol. The largest absolute Gasteiger partial charge is 0.462 e. The lowest BCUT2D eigenvalue weighted by atomic mass is 10.0. The SMILES string of the molecule is CCCCCCCOC(=O)c1cccc(C(=O)OC(C)(C)CCC)c1. The first-order valence-electron chi connectivity index (χ1n) is 9.40. The summed E-state index contributed by atoms with van der Waals surface area (Å²) in [6, 6.07) is 6.55. The molecule has 0 saturated heterocycles. The molecule has 1 aromatic rings. The van der Waals surface area contributed by atoms with Gasteiger partial charge in [0.15, 0.2) is 0 Å². The van der Waals surface area contributed by atoms with Gasteiger partial charge in [-0.2, -0.15) is 0 Å². The number of unbranched alkanes of at least 4 members (excludes halogenated alkanes) is 4. The molecule has 1 aromatic carbocycles. The standard InChI is InChI=1S/C21H32O4/c1-5-7-8-9-10-15-24-19(22)17-12-11-13-18(16-17)20(23)25-21(3,4)14-6-2/h11-13,16H,5-10,14-15H2,1-4H3. The van der Waals surface area contributed by atoms with Crippen molar-refractivity contribution in [3.05, 3.63) is 35.4 Å². The number of hydrogen-bond donors (Lipinski definition) is 0. The summed E-state index contributed by atoms with van der Waals surface area (Å²) in [6.45, 7) is 8.42. The molecule has 140 valence electrons. The van der Waals surface area contributed by atoms with E-state index in [0.717, 1.165) is 25.7 Å². The Bertz CT molecular complexity index is 549. The molecule has 25 heavy (non-hydrogen) atoms. The number of carbonyl (C=O) groups excluding carboxylic acids is 2. The third-order valence-corrected chi connectivity index (χ3v) is 4.04. The summed E-state index contributed by atoms with van der Waals surface area (Å²) < 4.78 is 10.8. The Morgan fingerprint density at radius 1 is 0.920 bits per heavy atom. The second-order valence-corrected chi connectivity index (χ2v) is 7.03. The lowest BCUT2D eigenvalue weighted by Gasteiger charge is -2.24. The van der Waals surface area contributed by atoms with Crippen molar-refractivity contribution in [2.75, 3.05) is 6.61 Å². The topological polar surface area (TPSA) is 52.6 Å². The van der Waals surface area contributed by atoms with Gasteiger partial charge in [0.2, 0.25) is 0 Å². The molecular formula is C21H32O4. The molecule has 0 atom stereocenters. The lowest BCUT2D eigenvalue weighted by Crippen LogP contribution is -2.27. The second-order valence-electron chi connectivity index (χ2n) is 7.03. The Hall–Kier alpha value is -1.84. The molecule has 1 rings (SSSR count). The normalized spacial score (nSPS) is 11.2. The zero-order valence-electron chi connectivity index (χ0n) is 16.1. The number of rotatable bonds is 11. The highest BCUT2D eigenvalue weighted by molar-refractivity contribution is 5.95. The number of benzene rings is 1. The summed E-state index contributed by atoms with van der Waals surface area (Å²) in [5.41, 5.74) is 0.249. The van der Waals surface area contributed by atoms with Crippen LogP contribution in [0.15, 0.2) is 24.3 Å². The van der Waals surface area contributed by atoms with E-state index in [1.165, 1.54) is 19.3 Å². The molecule has 0 unspecified atom stereocenters. The predicted molar refractivity (Wildman–Crippen MR) is 99.9 cm³/mol. The lowest BCUT2D eigenvalue weighted by molar-refractivity contribution is -0.00472. The van der Waals surface area contributed by atoms with Gasteiger partial charge in [-0.3, -0.25) is 0 Å². The van der Waals surface area contributed by atoms with E-state index in [0.29, 0.717) is 17.7 Å². The van der Waals surface area contributed by atoms with Crippen LogP contribution in [0.5, 0.6) is 0 Å². The Labute approximate surface area is 151 Å². The van der Waals surface area contributed by atoms with Gasteiger partial charge in [-0.25, -0.2) is 9.59 Å². The van der Waals surface area contributed by atoms with Crippen molar-refractivity contribution in [3.63, 3.8) is 0 Å². The first-order valence-corrected chi connectivity index (χ1v) is 9.40. The molecule has 0 aromatic heterocycles. The maximum absolute atomic E-state index is 12.3. The molecule has 0 N–H and O–H groups in total. The van der Waals surface area contributed by atoms with Gasteiger partial charge in [0, 0.05) is 0 Å². The van der Waals surface area contributed by atoms with Crippen molar-refractivity contribution in [1.29, 1.82) is 0 Å². The third-order valence-electron chi connectivity index (χ3n) is 4.04. The van der Waals surface area contributed by atoms with Crippen LogP contribution in [-0.4, -0.2) is 24.1 Å². The monoisotopic (exact) mass is 348 g/mol. The average Bonchev–Trinajstić information content (AvgIpc) is 2.57. The first-order chi connectivity index (χ1) is 11.9. The molecule has 0 bridgehead atoms. The van der Waals surface area contributed by atoms with E-state index in [4.69, 9.17) is 9.47 Å². The van der Waals surface area contributed by atoms with Gasteiger partial charge in [0.05, 0.1) is 17.7 Å². The fraction of sp³-hybridized carbons (Fsp3) is 0.619. The predicted octanol–water partition coefficient (Wildman–Crippen LogP) is 5.55. The Kier molecular flexibility index (Phi) is 9.25. The van der Waals surface area contributed by atoms with E-state index in [1.807, 2.05) is 13.8 Å². The molecule has 0 aliphatic carbocycles. The van der Waals surface area contributed by atoms with Gasteiger partial charge in [0.1, 0.15) is 5.60 Å². The van der Waals surface area contributed by atoms with Crippen molar-refractivity contribution in [3.8, 4) is 0 Å². The van der Waals surface area contributed by atoms with Crippen LogP contribution in [0, 0.1) is 0 Å². The van der Waals surface area contributed by atoms with Gasteiger partial charge in [-0.1, -0.05) is 52.0 Å².